The number of halogens is 1. The number of hydrogen-bond acceptors (Lipinski definition) is 4. The quantitative estimate of drug-likeness (QED) is 0.942. The van der Waals surface area contributed by atoms with Gasteiger partial charge in [0.2, 0.25) is 0 Å². The van der Waals surface area contributed by atoms with Crippen LogP contribution in [0.1, 0.15) is 19.8 Å². The Labute approximate surface area is 114 Å². The van der Waals surface area contributed by atoms with E-state index >= 15 is 0 Å². The molecule has 0 amide bonds. The first-order valence-electron chi connectivity index (χ1n) is 6.13. The first kappa shape index (κ1) is 11.9. The van der Waals surface area contributed by atoms with Crippen molar-refractivity contribution in [3.8, 4) is 0 Å². The minimum Gasteiger partial charge on any atom is -0.378 e. The molecule has 18 heavy (non-hydrogen) atoms. The standard InChI is InChI=1S/C12H15BrN4O/c1-2-18-9-5-8(6-9)15-11-12-14-3-4-17(12)7-10(13)16-11/h3-4,7-9H,2,5-6H2,1H3,(H,15,16). The molecule has 2 aromatic rings. The molecule has 3 rings (SSSR count). The van der Waals surface area contributed by atoms with Crippen LogP contribution in [-0.4, -0.2) is 33.1 Å². The zero-order chi connectivity index (χ0) is 12.5. The predicted octanol–water partition coefficient (Wildman–Crippen LogP) is 2.47. The van der Waals surface area contributed by atoms with Crippen LogP contribution in [0.2, 0.25) is 0 Å². The lowest BCUT2D eigenvalue weighted by Crippen LogP contribution is -2.41. The minimum atomic E-state index is 0.399. The molecule has 0 bridgehead atoms. The number of rotatable bonds is 4. The van der Waals surface area contributed by atoms with Crippen LogP contribution >= 0.6 is 15.9 Å². The third-order valence-electron chi connectivity index (χ3n) is 3.18. The number of hydrogen-bond donors (Lipinski definition) is 1. The molecule has 1 saturated carbocycles. The normalized spacial score (nSPS) is 23.0. The monoisotopic (exact) mass is 310 g/mol. The highest BCUT2D eigenvalue weighted by Gasteiger charge is 2.30. The molecule has 0 aliphatic heterocycles. The van der Waals surface area contributed by atoms with Crippen LogP contribution in [0.5, 0.6) is 0 Å². The highest BCUT2D eigenvalue weighted by molar-refractivity contribution is 9.10. The van der Waals surface area contributed by atoms with E-state index in [0.717, 1.165) is 35.5 Å². The Balaban J connectivity index is 1.73. The van der Waals surface area contributed by atoms with E-state index in [1.165, 1.54) is 0 Å². The average Bonchev–Trinajstić information content (AvgIpc) is 2.74. The topological polar surface area (TPSA) is 51.5 Å². The van der Waals surface area contributed by atoms with Crippen LogP contribution in [0.4, 0.5) is 5.82 Å². The van der Waals surface area contributed by atoms with Crippen LogP contribution < -0.4 is 5.32 Å². The smallest absolute Gasteiger partial charge is 0.180 e. The number of nitrogens with one attached hydrogen (secondary N) is 1. The second-order valence-electron chi connectivity index (χ2n) is 4.46. The van der Waals surface area contributed by atoms with E-state index < -0.39 is 0 Å². The molecule has 0 unspecified atom stereocenters. The van der Waals surface area contributed by atoms with Crippen molar-refractivity contribution in [2.45, 2.75) is 31.9 Å². The van der Waals surface area contributed by atoms with Gasteiger partial charge in [-0.05, 0) is 35.7 Å². The van der Waals surface area contributed by atoms with Crippen LogP contribution in [0.25, 0.3) is 5.65 Å². The molecule has 1 aliphatic rings. The summed E-state index contributed by atoms with van der Waals surface area (Å²) in [6, 6.07) is 0.434. The van der Waals surface area contributed by atoms with Crippen LogP contribution in [0, 0.1) is 0 Å². The molecule has 1 N–H and O–H groups in total. The van der Waals surface area contributed by atoms with Gasteiger partial charge in [0.25, 0.3) is 0 Å². The minimum absolute atomic E-state index is 0.399. The number of fused-ring (bicyclic) bond motifs is 1. The summed E-state index contributed by atoms with van der Waals surface area (Å²) in [4.78, 5) is 8.76. The Morgan fingerprint density at radius 2 is 2.39 bits per heavy atom. The van der Waals surface area contributed by atoms with E-state index in [1.807, 2.05) is 23.7 Å². The van der Waals surface area contributed by atoms with Gasteiger partial charge in [-0.1, -0.05) is 0 Å². The van der Waals surface area contributed by atoms with Gasteiger partial charge in [0.15, 0.2) is 11.5 Å². The predicted molar refractivity (Wildman–Crippen MR) is 72.7 cm³/mol. The lowest BCUT2D eigenvalue weighted by molar-refractivity contribution is 0.00294. The molecule has 0 aromatic carbocycles. The van der Waals surface area contributed by atoms with Gasteiger partial charge in [0, 0.05) is 31.2 Å². The van der Waals surface area contributed by atoms with Gasteiger partial charge >= 0.3 is 0 Å². The summed E-state index contributed by atoms with van der Waals surface area (Å²) in [5.74, 6) is 0.828. The molecule has 96 valence electrons. The van der Waals surface area contributed by atoms with E-state index in [1.54, 1.807) is 6.20 Å². The summed E-state index contributed by atoms with van der Waals surface area (Å²) in [5.41, 5.74) is 0.859. The number of anilines is 1. The molecular weight excluding hydrogens is 296 g/mol. The zero-order valence-corrected chi connectivity index (χ0v) is 11.7. The van der Waals surface area contributed by atoms with Gasteiger partial charge in [-0.15, -0.1) is 0 Å². The molecular formula is C12H15BrN4O. The summed E-state index contributed by atoms with van der Waals surface area (Å²) in [7, 11) is 0. The van der Waals surface area contributed by atoms with Gasteiger partial charge in [-0.25, -0.2) is 9.97 Å². The van der Waals surface area contributed by atoms with Crippen LogP contribution in [0.3, 0.4) is 0 Å². The van der Waals surface area contributed by atoms with E-state index in [0.29, 0.717) is 12.1 Å². The molecule has 5 nitrogen and oxygen atoms in total. The fourth-order valence-corrected chi connectivity index (χ4v) is 2.64. The van der Waals surface area contributed by atoms with Crippen molar-refractivity contribution >= 4 is 27.4 Å². The maximum atomic E-state index is 5.55. The van der Waals surface area contributed by atoms with Crippen molar-refractivity contribution in [1.29, 1.82) is 0 Å². The molecule has 0 radical (unpaired) electrons. The van der Waals surface area contributed by atoms with Crippen LogP contribution in [-0.2, 0) is 4.74 Å². The van der Waals surface area contributed by atoms with Gasteiger partial charge < -0.3 is 14.5 Å². The van der Waals surface area contributed by atoms with Gasteiger partial charge in [0.1, 0.15) is 4.60 Å². The molecule has 2 heterocycles. The Morgan fingerprint density at radius 1 is 1.56 bits per heavy atom. The van der Waals surface area contributed by atoms with E-state index in [2.05, 4.69) is 31.2 Å². The second kappa shape index (κ2) is 4.85. The molecule has 2 aromatic heterocycles. The fraction of sp³-hybridized carbons (Fsp3) is 0.500. The zero-order valence-electron chi connectivity index (χ0n) is 10.1. The van der Waals surface area contributed by atoms with Crippen LogP contribution in [0.15, 0.2) is 23.2 Å². The Hall–Kier alpha value is -1.14. The molecule has 1 fully saturated rings. The van der Waals surface area contributed by atoms with Crippen molar-refractivity contribution in [3.05, 3.63) is 23.2 Å². The number of aromatic nitrogens is 3. The second-order valence-corrected chi connectivity index (χ2v) is 5.27. The molecule has 0 spiro atoms. The molecule has 0 atom stereocenters. The summed E-state index contributed by atoms with van der Waals surface area (Å²) in [6.07, 6.45) is 8.06. The Bertz CT molecular complexity index is 550. The van der Waals surface area contributed by atoms with E-state index in [4.69, 9.17) is 4.74 Å². The highest BCUT2D eigenvalue weighted by Crippen LogP contribution is 2.28. The molecule has 0 saturated heterocycles. The van der Waals surface area contributed by atoms with Crippen molar-refractivity contribution < 1.29 is 4.74 Å². The summed E-state index contributed by atoms with van der Waals surface area (Å²) in [5, 5.41) is 3.43. The van der Waals surface area contributed by atoms with Crippen molar-refractivity contribution in [3.63, 3.8) is 0 Å². The van der Waals surface area contributed by atoms with E-state index in [-0.39, 0.29) is 0 Å². The lowest BCUT2D eigenvalue weighted by atomic mass is 9.89. The largest absolute Gasteiger partial charge is 0.378 e. The Kier molecular flexibility index (Phi) is 3.22. The third-order valence-corrected chi connectivity index (χ3v) is 3.56. The van der Waals surface area contributed by atoms with Gasteiger partial charge in [-0.3, -0.25) is 0 Å². The van der Waals surface area contributed by atoms with E-state index in [9.17, 15) is 0 Å². The summed E-state index contributed by atoms with van der Waals surface area (Å²) >= 11 is 3.41. The first-order valence-corrected chi connectivity index (χ1v) is 6.93. The third kappa shape index (κ3) is 2.22. The summed E-state index contributed by atoms with van der Waals surface area (Å²) < 4.78 is 8.31. The number of ether oxygens (including phenoxy) is 1. The van der Waals surface area contributed by atoms with Crippen molar-refractivity contribution in [1.82, 2.24) is 14.4 Å². The maximum absolute atomic E-state index is 5.55. The molecule has 6 heteroatoms. The van der Waals surface area contributed by atoms with Crippen molar-refractivity contribution in [2.24, 2.45) is 0 Å². The number of imidazole rings is 1. The van der Waals surface area contributed by atoms with Gasteiger partial charge in [-0.2, -0.15) is 0 Å². The molecule has 1 aliphatic carbocycles. The Morgan fingerprint density at radius 3 is 3.17 bits per heavy atom. The lowest BCUT2D eigenvalue weighted by Gasteiger charge is -2.35. The SMILES string of the molecule is CCOC1CC(Nc2nc(Br)cn3ccnc23)C1. The number of nitrogens with zero attached hydrogens (tertiary/aromatic N) is 3. The fourth-order valence-electron chi connectivity index (χ4n) is 2.25. The maximum Gasteiger partial charge on any atom is 0.180 e. The highest BCUT2D eigenvalue weighted by atomic mass is 79.9. The first-order chi connectivity index (χ1) is 8.76. The van der Waals surface area contributed by atoms with Gasteiger partial charge in [0.05, 0.1) is 6.10 Å². The average molecular weight is 311 g/mol. The summed E-state index contributed by atoms with van der Waals surface area (Å²) in [6.45, 7) is 2.82. The van der Waals surface area contributed by atoms with Crippen molar-refractivity contribution in [2.75, 3.05) is 11.9 Å².